The van der Waals surface area contributed by atoms with Crippen molar-refractivity contribution in [3.8, 4) is 5.75 Å². The van der Waals surface area contributed by atoms with Crippen LogP contribution in [0, 0.1) is 6.92 Å². The lowest BCUT2D eigenvalue weighted by Crippen LogP contribution is -1.84. The molecule has 0 saturated heterocycles. The van der Waals surface area contributed by atoms with Crippen LogP contribution in [0.15, 0.2) is 24.8 Å². The van der Waals surface area contributed by atoms with E-state index in [1.165, 1.54) is 0 Å². The van der Waals surface area contributed by atoms with Gasteiger partial charge in [0, 0.05) is 5.56 Å². The van der Waals surface area contributed by atoms with Gasteiger partial charge in [0.15, 0.2) is 0 Å². The lowest BCUT2D eigenvalue weighted by molar-refractivity contribution is 0.473. The van der Waals surface area contributed by atoms with E-state index in [4.69, 9.17) is 0 Å². The van der Waals surface area contributed by atoms with Gasteiger partial charge in [-0.3, -0.25) is 0 Å². The average molecular weight is 176 g/mol. The molecule has 1 aromatic rings. The smallest absolute Gasteiger partial charge is 0.123 e. The van der Waals surface area contributed by atoms with E-state index in [0.29, 0.717) is 5.75 Å². The Bertz CT molecular complexity index is 313. The summed E-state index contributed by atoms with van der Waals surface area (Å²) in [5.41, 5.74) is 2.97. The molecule has 70 valence electrons. The van der Waals surface area contributed by atoms with Crippen molar-refractivity contribution in [2.24, 2.45) is 0 Å². The third-order valence-corrected chi connectivity index (χ3v) is 2.09. The zero-order chi connectivity index (χ0) is 9.84. The predicted octanol–water partition coefficient (Wildman–Crippen LogP) is 3.51. The van der Waals surface area contributed by atoms with Crippen molar-refractivity contribution >= 4 is 5.57 Å². The van der Waals surface area contributed by atoms with Gasteiger partial charge in [-0.05, 0) is 30.5 Å². The molecule has 13 heavy (non-hydrogen) atoms. The number of benzene rings is 1. The highest BCUT2D eigenvalue weighted by Gasteiger charge is 2.03. The fraction of sp³-hybridized carbons (Fsp3) is 0.333. The third kappa shape index (κ3) is 2.35. The molecule has 0 aliphatic carbocycles. The molecule has 0 heterocycles. The minimum absolute atomic E-state index is 0.346. The first kappa shape index (κ1) is 9.85. The van der Waals surface area contributed by atoms with Gasteiger partial charge in [0.25, 0.3) is 0 Å². The van der Waals surface area contributed by atoms with Crippen LogP contribution in [0.3, 0.4) is 0 Å². The summed E-state index contributed by atoms with van der Waals surface area (Å²) in [5, 5.41) is 9.63. The summed E-state index contributed by atoms with van der Waals surface area (Å²) in [7, 11) is 0. The maximum absolute atomic E-state index is 9.63. The van der Waals surface area contributed by atoms with E-state index in [1.807, 2.05) is 19.1 Å². The first-order valence-electron chi connectivity index (χ1n) is 4.63. The van der Waals surface area contributed by atoms with Crippen molar-refractivity contribution in [2.45, 2.75) is 26.7 Å². The van der Waals surface area contributed by atoms with Crippen LogP contribution in [0.25, 0.3) is 5.57 Å². The van der Waals surface area contributed by atoms with Crippen molar-refractivity contribution in [1.29, 1.82) is 0 Å². The van der Waals surface area contributed by atoms with Gasteiger partial charge in [-0.2, -0.15) is 0 Å². The number of aromatic hydroxyl groups is 1. The van der Waals surface area contributed by atoms with Crippen molar-refractivity contribution < 1.29 is 5.11 Å². The molecule has 0 fully saturated rings. The summed E-state index contributed by atoms with van der Waals surface area (Å²) in [4.78, 5) is 0. The number of phenolic OH excluding ortho intramolecular Hbond substituents is 1. The minimum Gasteiger partial charge on any atom is -0.507 e. The van der Waals surface area contributed by atoms with Crippen LogP contribution in [-0.2, 0) is 0 Å². The molecule has 0 radical (unpaired) electrons. The van der Waals surface area contributed by atoms with Crippen LogP contribution in [0.2, 0.25) is 0 Å². The molecule has 0 atom stereocenters. The van der Waals surface area contributed by atoms with Crippen LogP contribution < -0.4 is 0 Å². The molecule has 0 bridgehead atoms. The molecule has 0 aliphatic rings. The Morgan fingerprint density at radius 1 is 1.46 bits per heavy atom. The van der Waals surface area contributed by atoms with Gasteiger partial charge in [0.2, 0.25) is 0 Å². The van der Waals surface area contributed by atoms with Crippen molar-refractivity contribution in [3.63, 3.8) is 0 Å². The van der Waals surface area contributed by atoms with Crippen LogP contribution in [0.5, 0.6) is 5.75 Å². The molecule has 1 N–H and O–H groups in total. The van der Waals surface area contributed by atoms with Crippen molar-refractivity contribution in [2.75, 3.05) is 0 Å². The van der Waals surface area contributed by atoms with Crippen molar-refractivity contribution in [3.05, 3.63) is 35.9 Å². The highest BCUT2D eigenvalue weighted by molar-refractivity contribution is 5.68. The van der Waals surface area contributed by atoms with Crippen LogP contribution >= 0.6 is 0 Å². The molecular formula is C12H16O. The maximum Gasteiger partial charge on any atom is 0.123 e. The van der Waals surface area contributed by atoms with Gasteiger partial charge in [-0.25, -0.2) is 0 Å². The first-order chi connectivity index (χ1) is 6.15. The molecule has 0 unspecified atom stereocenters. The SMILES string of the molecule is C=C(CCC)c1ccc(C)cc1O. The number of hydrogen-bond donors (Lipinski definition) is 1. The van der Waals surface area contributed by atoms with E-state index < -0.39 is 0 Å². The molecule has 0 spiro atoms. The molecule has 0 aromatic heterocycles. The van der Waals surface area contributed by atoms with E-state index in [9.17, 15) is 5.11 Å². The summed E-state index contributed by atoms with van der Waals surface area (Å²) in [6.45, 7) is 8.02. The Morgan fingerprint density at radius 2 is 2.15 bits per heavy atom. The van der Waals surface area contributed by atoms with Gasteiger partial charge in [-0.1, -0.05) is 32.1 Å². The second-order valence-electron chi connectivity index (χ2n) is 3.37. The molecular weight excluding hydrogens is 160 g/mol. The minimum atomic E-state index is 0.346. The molecule has 1 heteroatoms. The Hall–Kier alpha value is -1.24. The summed E-state index contributed by atoms with van der Waals surface area (Å²) >= 11 is 0. The van der Waals surface area contributed by atoms with Gasteiger partial charge in [0.1, 0.15) is 5.75 Å². The summed E-state index contributed by atoms with van der Waals surface area (Å²) in [6.07, 6.45) is 2.00. The van der Waals surface area contributed by atoms with Crippen molar-refractivity contribution in [1.82, 2.24) is 0 Å². The lowest BCUT2D eigenvalue weighted by atomic mass is 10.0. The fourth-order valence-electron chi connectivity index (χ4n) is 1.38. The molecule has 0 saturated carbocycles. The summed E-state index contributed by atoms with van der Waals surface area (Å²) < 4.78 is 0. The van der Waals surface area contributed by atoms with E-state index in [1.54, 1.807) is 6.07 Å². The van der Waals surface area contributed by atoms with E-state index in [2.05, 4.69) is 13.5 Å². The average Bonchev–Trinajstić information content (AvgIpc) is 2.04. The predicted molar refractivity (Wildman–Crippen MR) is 56.8 cm³/mol. The normalized spacial score (nSPS) is 10.0. The lowest BCUT2D eigenvalue weighted by Gasteiger charge is -2.07. The standard InChI is InChI=1S/C12H16O/c1-4-5-10(3)11-7-6-9(2)8-12(11)13/h6-8,13H,3-5H2,1-2H3. The van der Waals surface area contributed by atoms with Crippen LogP contribution in [0.4, 0.5) is 0 Å². The summed E-state index contributed by atoms with van der Waals surface area (Å²) in [6, 6.07) is 5.70. The van der Waals surface area contributed by atoms with Gasteiger partial charge >= 0.3 is 0 Å². The number of rotatable bonds is 3. The molecule has 0 aliphatic heterocycles. The second kappa shape index (κ2) is 4.13. The van der Waals surface area contributed by atoms with E-state index >= 15 is 0 Å². The molecule has 0 amide bonds. The molecule has 1 aromatic carbocycles. The Labute approximate surface area is 79.7 Å². The quantitative estimate of drug-likeness (QED) is 0.747. The highest BCUT2D eigenvalue weighted by Crippen LogP contribution is 2.27. The third-order valence-electron chi connectivity index (χ3n) is 2.09. The fourth-order valence-corrected chi connectivity index (χ4v) is 1.38. The summed E-state index contributed by atoms with van der Waals surface area (Å²) in [5.74, 6) is 0.346. The van der Waals surface area contributed by atoms with Gasteiger partial charge in [0.05, 0.1) is 0 Å². The van der Waals surface area contributed by atoms with E-state index in [-0.39, 0.29) is 0 Å². The zero-order valence-electron chi connectivity index (χ0n) is 8.30. The van der Waals surface area contributed by atoms with Crippen LogP contribution in [0.1, 0.15) is 30.9 Å². The highest BCUT2D eigenvalue weighted by atomic mass is 16.3. The van der Waals surface area contributed by atoms with Crippen LogP contribution in [-0.4, -0.2) is 5.11 Å². The largest absolute Gasteiger partial charge is 0.507 e. The number of hydrogen-bond acceptors (Lipinski definition) is 1. The van der Waals surface area contributed by atoms with Gasteiger partial charge in [-0.15, -0.1) is 0 Å². The molecule has 1 nitrogen and oxygen atoms in total. The zero-order valence-corrected chi connectivity index (χ0v) is 8.30. The number of allylic oxidation sites excluding steroid dienone is 1. The van der Waals surface area contributed by atoms with E-state index in [0.717, 1.165) is 29.5 Å². The Kier molecular flexibility index (Phi) is 3.13. The Morgan fingerprint density at radius 3 is 2.69 bits per heavy atom. The Balaban J connectivity index is 2.95. The monoisotopic (exact) mass is 176 g/mol. The number of aryl methyl sites for hydroxylation is 1. The number of phenols is 1. The maximum atomic E-state index is 9.63. The topological polar surface area (TPSA) is 20.2 Å². The van der Waals surface area contributed by atoms with Gasteiger partial charge < -0.3 is 5.11 Å². The molecule has 1 rings (SSSR count). The first-order valence-corrected chi connectivity index (χ1v) is 4.63. The second-order valence-corrected chi connectivity index (χ2v) is 3.37.